The van der Waals surface area contributed by atoms with E-state index in [1.54, 1.807) is 0 Å². The summed E-state index contributed by atoms with van der Waals surface area (Å²) in [5, 5.41) is 9.91. The highest BCUT2D eigenvalue weighted by Crippen LogP contribution is 2.21. The van der Waals surface area contributed by atoms with Gasteiger partial charge in [0.05, 0.1) is 5.56 Å². The number of ether oxygens (including phenoxy) is 1. The number of amides is 2. The summed E-state index contributed by atoms with van der Waals surface area (Å²) < 4.78 is 5.38. The topological polar surface area (TPSA) is 87.7 Å². The molecule has 2 aromatic rings. The van der Waals surface area contributed by atoms with E-state index in [1.165, 1.54) is 18.2 Å². The average molecular weight is 349 g/mol. The number of hydrazine groups is 1. The molecule has 24 heavy (non-hydrogen) atoms. The smallest absolute Gasteiger partial charge is 0.276 e. The van der Waals surface area contributed by atoms with Crippen LogP contribution in [0.4, 0.5) is 0 Å². The molecule has 0 heterocycles. The van der Waals surface area contributed by atoms with Gasteiger partial charge < -0.3 is 9.84 Å². The number of hydrogen-bond acceptors (Lipinski definition) is 4. The van der Waals surface area contributed by atoms with Crippen molar-refractivity contribution in [2.45, 2.75) is 13.8 Å². The first kappa shape index (κ1) is 17.6. The second kappa shape index (κ2) is 7.70. The Morgan fingerprint density at radius 3 is 2.42 bits per heavy atom. The molecule has 0 aliphatic heterocycles. The molecule has 3 N–H and O–H groups in total. The fraction of sp³-hybridized carbons (Fsp3) is 0.176. The Morgan fingerprint density at radius 1 is 1.08 bits per heavy atom. The highest BCUT2D eigenvalue weighted by molar-refractivity contribution is 6.31. The number of hydrogen-bond donors (Lipinski definition) is 3. The predicted octanol–water partition coefficient (Wildman–Crippen LogP) is 2.50. The van der Waals surface area contributed by atoms with Gasteiger partial charge in [0, 0.05) is 5.02 Å². The quantitative estimate of drug-likeness (QED) is 0.741. The standard InChI is InChI=1S/C17H17ClN2O4/c1-10-5-11(2)7-13(6-10)24-9-16(22)19-20-17(23)14-8-12(18)3-4-15(14)21/h3-8,21H,9H2,1-2H3,(H,19,22)(H,20,23). The van der Waals surface area contributed by atoms with Crippen LogP contribution in [0.15, 0.2) is 36.4 Å². The molecular formula is C17H17ClN2O4. The Morgan fingerprint density at radius 2 is 1.75 bits per heavy atom. The van der Waals surface area contributed by atoms with E-state index >= 15 is 0 Å². The Hall–Kier alpha value is -2.73. The Labute approximate surface area is 144 Å². The fourth-order valence-corrected chi connectivity index (χ4v) is 2.26. The van der Waals surface area contributed by atoms with Crippen LogP contribution in [0.25, 0.3) is 0 Å². The summed E-state index contributed by atoms with van der Waals surface area (Å²) in [5.74, 6) is -0.891. The van der Waals surface area contributed by atoms with Gasteiger partial charge >= 0.3 is 0 Å². The van der Waals surface area contributed by atoms with Crippen LogP contribution in [-0.2, 0) is 4.79 Å². The van der Waals surface area contributed by atoms with Crippen LogP contribution in [0.3, 0.4) is 0 Å². The number of carbonyl (C=O) groups is 2. The number of aromatic hydroxyl groups is 1. The molecule has 126 valence electrons. The summed E-state index contributed by atoms with van der Waals surface area (Å²) in [6.45, 7) is 3.60. The minimum Gasteiger partial charge on any atom is -0.507 e. The summed E-state index contributed by atoms with van der Waals surface area (Å²) in [5.41, 5.74) is 6.40. The molecule has 0 aromatic heterocycles. The molecule has 0 saturated heterocycles. The number of benzene rings is 2. The van der Waals surface area contributed by atoms with Gasteiger partial charge in [0.15, 0.2) is 6.61 Å². The van der Waals surface area contributed by atoms with Gasteiger partial charge in [-0.05, 0) is 55.3 Å². The molecule has 6 nitrogen and oxygen atoms in total. The third-order valence-electron chi connectivity index (χ3n) is 3.08. The number of aryl methyl sites for hydroxylation is 2. The molecule has 2 amide bonds. The minimum atomic E-state index is -0.685. The van der Waals surface area contributed by atoms with E-state index in [0.29, 0.717) is 10.8 Å². The number of phenolic OH excluding ortho intramolecular Hbond substituents is 1. The zero-order valence-electron chi connectivity index (χ0n) is 13.2. The largest absolute Gasteiger partial charge is 0.507 e. The maximum atomic E-state index is 11.9. The van der Waals surface area contributed by atoms with Gasteiger partial charge in [-0.3, -0.25) is 20.4 Å². The van der Waals surface area contributed by atoms with Crippen LogP contribution < -0.4 is 15.6 Å². The van der Waals surface area contributed by atoms with Crippen LogP contribution in [-0.4, -0.2) is 23.5 Å². The lowest BCUT2D eigenvalue weighted by Gasteiger charge is -2.10. The van der Waals surface area contributed by atoms with Crippen molar-refractivity contribution >= 4 is 23.4 Å². The van der Waals surface area contributed by atoms with Crippen LogP contribution in [0.2, 0.25) is 5.02 Å². The normalized spacial score (nSPS) is 10.1. The van der Waals surface area contributed by atoms with E-state index in [0.717, 1.165) is 11.1 Å². The number of carbonyl (C=O) groups excluding carboxylic acids is 2. The fourth-order valence-electron chi connectivity index (χ4n) is 2.09. The van der Waals surface area contributed by atoms with Crippen molar-refractivity contribution in [3.8, 4) is 11.5 Å². The Bertz CT molecular complexity index is 757. The molecule has 2 aromatic carbocycles. The summed E-state index contributed by atoms with van der Waals surface area (Å²) in [6, 6.07) is 9.65. The van der Waals surface area contributed by atoms with Crippen molar-refractivity contribution in [1.82, 2.24) is 10.9 Å². The third kappa shape index (κ3) is 4.89. The molecule has 0 fully saturated rings. The molecule has 0 saturated carbocycles. The first-order valence-electron chi connectivity index (χ1n) is 7.14. The molecule has 0 atom stereocenters. The first-order chi connectivity index (χ1) is 11.3. The molecule has 0 bridgehead atoms. The van der Waals surface area contributed by atoms with E-state index < -0.39 is 11.8 Å². The minimum absolute atomic E-state index is 0.0435. The molecule has 2 rings (SSSR count). The van der Waals surface area contributed by atoms with Gasteiger partial charge in [0.25, 0.3) is 11.8 Å². The molecule has 0 unspecified atom stereocenters. The number of halogens is 1. The van der Waals surface area contributed by atoms with Crippen molar-refractivity contribution in [2.24, 2.45) is 0 Å². The lowest BCUT2D eigenvalue weighted by Crippen LogP contribution is -2.43. The SMILES string of the molecule is Cc1cc(C)cc(OCC(=O)NNC(=O)c2cc(Cl)ccc2O)c1. The van der Waals surface area contributed by atoms with E-state index in [2.05, 4.69) is 10.9 Å². The maximum Gasteiger partial charge on any atom is 0.276 e. The summed E-state index contributed by atoms with van der Waals surface area (Å²) in [7, 11) is 0. The molecule has 7 heteroatoms. The van der Waals surface area contributed by atoms with Crippen molar-refractivity contribution in [1.29, 1.82) is 0 Å². The number of nitrogens with one attached hydrogen (secondary N) is 2. The van der Waals surface area contributed by atoms with Gasteiger partial charge in [-0.1, -0.05) is 17.7 Å². The molecular weight excluding hydrogens is 332 g/mol. The van der Waals surface area contributed by atoms with Gasteiger partial charge in [-0.25, -0.2) is 0 Å². The molecule has 0 aliphatic rings. The Balaban J connectivity index is 1.86. The summed E-state index contributed by atoms with van der Waals surface area (Å²) in [6.07, 6.45) is 0. The van der Waals surface area contributed by atoms with Crippen molar-refractivity contribution in [2.75, 3.05) is 6.61 Å². The highest BCUT2D eigenvalue weighted by atomic mass is 35.5. The van der Waals surface area contributed by atoms with Gasteiger partial charge in [0.1, 0.15) is 11.5 Å². The predicted molar refractivity (Wildman–Crippen MR) is 90.1 cm³/mol. The lowest BCUT2D eigenvalue weighted by molar-refractivity contribution is -0.123. The van der Waals surface area contributed by atoms with Gasteiger partial charge in [0.2, 0.25) is 0 Å². The van der Waals surface area contributed by atoms with Gasteiger partial charge in [-0.15, -0.1) is 0 Å². The molecule has 0 radical (unpaired) electrons. The first-order valence-corrected chi connectivity index (χ1v) is 7.52. The third-order valence-corrected chi connectivity index (χ3v) is 3.32. The second-order valence-corrected chi connectivity index (χ2v) is 5.71. The van der Waals surface area contributed by atoms with Crippen molar-refractivity contribution in [3.63, 3.8) is 0 Å². The monoisotopic (exact) mass is 348 g/mol. The van der Waals surface area contributed by atoms with Crippen LogP contribution >= 0.6 is 11.6 Å². The van der Waals surface area contributed by atoms with Crippen molar-refractivity contribution in [3.05, 3.63) is 58.1 Å². The van der Waals surface area contributed by atoms with E-state index in [1.807, 2.05) is 32.0 Å². The summed E-state index contributed by atoms with van der Waals surface area (Å²) >= 11 is 5.77. The zero-order chi connectivity index (χ0) is 17.7. The second-order valence-electron chi connectivity index (χ2n) is 5.28. The average Bonchev–Trinajstić information content (AvgIpc) is 2.52. The van der Waals surface area contributed by atoms with E-state index in [-0.39, 0.29) is 17.9 Å². The summed E-state index contributed by atoms with van der Waals surface area (Å²) in [4.78, 5) is 23.6. The molecule has 0 spiro atoms. The van der Waals surface area contributed by atoms with Crippen LogP contribution in [0.5, 0.6) is 11.5 Å². The maximum absolute atomic E-state index is 11.9. The van der Waals surface area contributed by atoms with Gasteiger partial charge in [-0.2, -0.15) is 0 Å². The zero-order valence-corrected chi connectivity index (χ0v) is 14.0. The number of phenols is 1. The lowest BCUT2D eigenvalue weighted by atomic mass is 10.1. The van der Waals surface area contributed by atoms with Crippen LogP contribution in [0.1, 0.15) is 21.5 Å². The van der Waals surface area contributed by atoms with Crippen LogP contribution in [0, 0.1) is 13.8 Å². The Kier molecular flexibility index (Phi) is 5.65. The van der Waals surface area contributed by atoms with E-state index in [4.69, 9.17) is 16.3 Å². The van der Waals surface area contributed by atoms with Crippen molar-refractivity contribution < 1.29 is 19.4 Å². The number of rotatable bonds is 4. The highest BCUT2D eigenvalue weighted by Gasteiger charge is 2.13. The molecule has 0 aliphatic carbocycles. The van der Waals surface area contributed by atoms with E-state index in [9.17, 15) is 14.7 Å².